The topological polar surface area (TPSA) is 20.3 Å². The van der Waals surface area contributed by atoms with Gasteiger partial charge in [0.2, 0.25) is 0 Å². The molecule has 0 saturated heterocycles. The molecule has 0 aromatic heterocycles. The zero-order valence-corrected chi connectivity index (χ0v) is 10.6. The van der Waals surface area contributed by atoms with Crippen molar-refractivity contribution in [2.75, 3.05) is 13.6 Å². The van der Waals surface area contributed by atoms with Crippen molar-refractivity contribution in [3.05, 3.63) is 0 Å². The van der Waals surface area contributed by atoms with Gasteiger partial charge in [0.15, 0.2) is 0 Å². The maximum atomic E-state index is 10.9. The van der Waals surface area contributed by atoms with E-state index in [1.54, 1.807) is 0 Å². The smallest absolute Gasteiger partial charge is 0.126 e. The highest BCUT2D eigenvalue weighted by atomic mass is 16.1. The van der Waals surface area contributed by atoms with E-state index in [1.165, 1.54) is 25.7 Å². The summed E-state index contributed by atoms with van der Waals surface area (Å²) in [6, 6.07) is 0.695. The number of carbonyl (C=O) groups is 1. The molecule has 15 heavy (non-hydrogen) atoms. The van der Waals surface area contributed by atoms with Crippen LogP contribution in [0, 0.1) is 11.3 Å². The third kappa shape index (κ3) is 3.94. The van der Waals surface area contributed by atoms with Crippen molar-refractivity contribution in [3.8, 4) is 0 Å². The highest BCUT2D eigenvalue weighted by molar-refractivity contribution is 5.58. The van der Waals surface area contributed by atoms with Crippen LogP contribution in [0.1, 0.15) is 46.5 Å². The van der Waals surface area contributed by atoms with Gasteiger partial charge in [0.1, 0.15) is 6.29 Å². The first-order valence-electron chi connectivity index (χ1n) is 6.11. The van der Waals surface area contributed by atoms with Gasteiger partial charge in [0.25, 0.3) is 0 Å². The minimum absolute atomic E-state index is 0.197. The van der Waals surface area contributed by atoms with E-state index in [4.69, 9.17) is 0 Å². The van der Waals surface area contributed by atoms with E-state index in [-0.39, 0.29) is 5.41 Å². The van der Waals surface area contributed by atoms with Crippen molar-refractivity contribution in [1.29, 1.82) is 0 Å². The number of hydrogen-bond acceptors (Lipinski definition) is 2. The summed E-state index contributed by atoms with van der Waals surface area (Å²) in [7, 11) is 2.16. The Hall–Kier alpha value is -0.370. The number of rotatable bonds is 4. The van der Waals surface area contributed by atoms with Crippen LogP contribution in [-0.4, -0.2) is 30.8 Å². The second kappa shape index (κ2) is 5.11. The van der Waals surface area contributed by atoms with Crippen molar-refractivity contribution in [2.45, 2.75) is 52.5 Å². The van der Waals surface area contributed by atoms with Gasteiger partial charge in [-0.3, -0.25) is 0 Å². The molecule has 1 rings (SSSR count). The largest absolute Gasteiger partial charge is 0.303 e. The highest BCUT2D eigenvalue weighted by Crippen LogP contribution is 2.27. The van der Waals surface area contributed by atoms with Crippen LogP contribution in [0.5, 0.6) is 0 Å². The Morgan fingerprint density at radius 2 is 1.80 bits per heavy atom. The molecule has 2 nitrogen and oxygen atoms in total. The van der Waals surface area contributed by atoms with E-state index in [0.29, 0.717) is 6.04 Å². The molecule has 0 aromatic rings. The monoisotopic (exact) mass is 211 g/mol. The summed E-state index contributed by atoms with van der Waals surface area (Å²) in [5.74, 6) is 0.897. The van der Waals surface area contributed by atoms with Crippen LogP contribution >= 0.6 is 0 Å². The molecular weight excluding hydrogens is 186 g/mol. The zero-order valence-electron chi connectivity index (χ0n) is 10.6. The molecule has 1 aliphatic rings. The predicted octanol–water partition coefficient (Wildman–Crippen LogP) is 2.72. The Morgan fingerprint density at radius 3 is 2.27 bits per heavy atom. The maximum Gasteiger partial charge on any atom is 0.126 e. The van der Waals surface area contributed by atoms with Crippen molar-refractivity contribution < 1.29 is 4.79 Å². The van der Waals surface area contributed by atoms with Gasteiger partial charge in [-0.25, -0.2) is 0 Å². The fourth-order valence-electron chi connectivity index (χ4n) is 2.49. The van der Waals surface area contributed by atoms with Gasteiger partial charge >= 0.3 is 0 Å². The highest BCUT2D eigenvalue weighted by Gasteiger charge is 2.26. The predicted molar refractivity (Wildman–Crippen MR) is 63.9 cm³/mol. The lowest BCUT2D eigenvalue weighted by molar-refractivity contribution is -0.115. The molecule has 1 aliphatic carbocycles. The minimum Gasteiger partial charge on any atom is -0.303 e. The van der Waals surface area contributed by atoms with E-state index in [1.807, 2.05) is 13.8 Å². The minimum atomic E-state index is -0.197. The maximum absolute atomic E-state index is 10.9. The zero-order chi connectivity index (χ0) is 11.5. The Bertz CT molecular complexity index is 205. The van der Waals surface area contributed by atoms with Crippen LogP contribution in [0.15, 0.2) is 0 Å². The molecular formula is C13H25NO. The number of hydrogen-bond donors (Lipinski definition) is 0. The van der Waals surface area contributed by atoms with Crippen molar-refractivity contribution >= 4 is 6.29 Å². The normalized spacial score (nSPS) is 28.1. The molecule has 0 N–H and O–H groups in total. The fourth-order valence-corrected chi connectivity index (χ4v) is 2.49. The molecule has 0 bridgehead atoms. The van der Waals surface area contributed by atoms with Gasteiger partial charge < -0.3 is 9.69 Å². The SMILES string of the molecule is CC1CCC(N(C)CC(C)(C)C=O)CC1. The summed E-state index contributed by atoms with van der Waals surface area (Å²) in [5, 5.41) is 0. The molecule has 0 heterocycles. The van der Waals surface area contributed by atoms with Crippen molar-refractivity contribution in [1.82, 2.24) is 4.90 Å². The van der Waals surface area contributed by atoms with Crippen LogP contribution in [0.4, 0.5) is 0 Å². The Morgan fingerprint density at radius 1 is 1.27 bits per heavy atom. The lowest BCUT2D eigenvalue weighted by Crippen LogP contribution is -2.41. The lowest BCUT2D eigenvalue weighted by Gasteiger charge is -2.36. The molecule has 0 radical (unpaired) electrons. The number of aldehydes is 1. The van der Waals surface area contributed by atoms with E-state index in [0.717, 1.165) is 18.7 Å². The quantitative estimate of drug-likeness (QED) is 0.666. The molecule has 88 valence electrons. The molecule has 0 spiro atoms. The molecule has 0 aliphatic heterocycles. The lowest BCUT2D eigenvalue weighted by atomic mass is 9.85. The standard InChI is InChI=1S/C13H25NO/c1-11-5-7-12(8-6-11)14(4)9-13(2,3)10-15/h10-12H,5-9H2,1-4H3. The van der Waals surface area contributed by atoms with E-state index in [9.17, 15) is 4.79 Å². The summed E-state index contributed by atoms with van der Waals surface area (Å²) in [6.07, 6.45) is 6.36. The average molecular weight is 211 g/mol. The third-order valence-corrected chi connectivity index (χ3v) is 3.58. The van der Waals surface area contributed by atoms with Crippen LogP contribution < -0.4 is 0 Å². The second-order valence-corrected chi connectivity index (χ2v) is 5.94. The van der Waals surface area contributed by atoms with E-state index >= 15 is 0 Å². The molecule has 0 amide bonds. The van der Waals surface area contributed by atoms with Gasteiger partial charge in [-0.05, 0) is 38.6 Å². The van der Waals surface area contributed by atoms with Gasteiger partial charge in [-0.1, -0.05) is 20.8 Å². The van der Waals surface area contributed by atoms with Gasteiger partial charge in [-0.2, -0.15) is 0 Å². The summed E-state index contributed by atoms with van der Waals surface area (Å²) in [6.45, 7) is 7.25. The molecule has 2 heteroatoms. The Kier molecular flexibility index (Phi) is 4.32. The van der Waals surface area contributed by atoms with Crippen LogP contribution in [0.3, 0.4) is 0 Å². The first-order valence-corrected chi connectivity index (χ1v) is 6.11. The Labute approximate surface area is 94.0 Å². The summed E-state index contributed by atoms with van der Waals surface area (Å²) < 4.78 is 0. The molecule has 0 unspecified atom stereocenters. The van der Waals surface area contributed by atoms with Gasteiger partial charge in [0.05, 0.1) is 0 Å². The molecule has 1 saturated carbocycles. The average Bonchev–Trinajstić information content (AvgIpc) is 2.18. The molecule has 1 fully saturated rings. The van der Waals surface area contributed by atoms with Crippen LogP contribution in [-0.2, 0) is 4.79 Å². The number of carbonyl (C=O) groups excluding carboxylic acids is 1. The van der Waals surface area contributed by atoms with Crippen molar-refractivity contribution in [3.63, 3.8) is 0 Å². The number of nitrogens with zero attached hydrogens (tertiary/aromatic N) is 1. The summed E-state index contributed by atoms with van der Waals surface area (Å²) in [5.41, 5.74) is -0.197. The summed E-state index contributed by atoms with van der Waals surface area (Å²) >= 11 is 0. The fraction of sp³-hybridized carbons (Fsp3) is 0.923. The van der Waals surface area contributed by atoms with E-state index in [2.05, 4.69) is 18.9 Å². The molecule has 0 aromatic carbocycles. The first kappa shape index (κ1) is 12.7. The second-order valence-electron chi connectivity index (χ2n) is 5.94. The van der Waals surface area contributed by atoms with Crippen molar-refractivity contribution in [2.24, 2.45) is 11.3 Å². The third-order valence-electron chi connectivity index (χ3n) is 3.58. The molecule has 0 atom stereocenters. The van der Waals surface area contributed by atoms with Crippen LogP contribution in [0.2, 0.25) is 0 Å². The van der Waals surface area contributed by atoms with Crippen LogP contribution in [0.25, 0.3) is 0 Å². The van der Waals surface area contributed by atoms with Gasteiger partial charge in [0, 0.05) is 18.0 Å². The first-order chi connectivity index (χ1) is 6.94. The van der Waals surface area contributed by atoms with E-state index < -0.39 is 0 Å². The van der Waals surface area contributed by atoms with Gasteiger partial charge in [-0.15, -0.1) is 0 Å². The summed E-state index contributed by atoms with van der Waals surface area (Å²) in [4.78, 5) is 13.2. The Balaban J connectivity index is 2.40.